The van der Waals surface area contributed by atoms with Crippen molar-refractivity contribution in [3.05, 3.63) is 23.7 Å². The average Bonchev–Trinajstić information content (AvgIpc) is 3.45. The molecule has 28 heavy (non-hydrogen) atoms. The zero-order valence-corrected chi connectivity index (χ0v) is 17.4. The lowest BCUT2D eigenvalue weighted by molar-refractivity contribution is 0.0420. The summed E-state index contributed by atoms with van der Waals surface area (Å²) in [4.78, 5) is 7.34. The third kappa shape index (κ3) is 6.50. The van der Waals surface area contributed by atoms with Gasteiger partial charge in [-0.05, 0) is 64.8 Å². The summed E-state index contributed by atoms with van der Waals surface area (Å²) in [5.74, 6) is 2.84. The van der Waals surface area contributed by atoms with Crippen LogP contribution in [0.5, 0.6) is 0 Å². The Bertz CT molecular complexity index is 592. The molecule has 2 aliphatic heterocycles. The number of aryl methyl sites for hydroxylation is 1. The summed E-state index contributed by atoms with van der Waals surface area (Å²) in [7, 11) is 0. The average molecular weight is 393 g/mol. The Hall–Kier alpha value is -1.57. The van der Waals surface area contributed by atoms with Crippen molar-refractivity contribution in [2.24, 2.45) is 4.99 Å². The standard InChI is InChI=1S/C21H36N4O3/c1-3-22-21(23-10-6-13-27-18-9-14-26-16-18)24-15-19(25-11-4-5-12-25)20-8-7-17(2)28-20/h7-8,18-19H,3-6,9-16H2,1-2H3,(H2,22,23,24). The quantitative estimate of drug-likeness (QED) is 0.362. The van der Waals surface area contributed by atoms with E-state index < -0.39 is 0 Å². The molecule has 2 atom stereocenters. The molecule has 2 saturated heterocycles. The molecule has 7 heteroatoms. The summed E-state index contributed by atoms with van der Waals surface area (Å²) >= 11 is 0. The van der Waals surface area contributed by atoms with Crippen molar-refractivity contribution in [1.29, 1.82) is 0 Å². The topological polar surface area (TPSA) is 71.3 Å². The lowest BCUT2D eigenvalue weighted by atomic mass is 10.2. The van der Waals surface area contributed by atoms with Crippen LogP contribution in [0.3, 0.4) is 0 Å². The van der Waals surface area contributed by atoms with Crippen LogP contribution in [0.4, 0.5) is 0 Å². The van der Waals surface area contributed by atoms with E-state index in [1.165, 1.54) is 12.8 Å². The Morgan fingerprint density at radius 1 is 1.32 bits per heavy atom. The summed E-state index contributed by atoms with van der Waals surface area (Å²) < 4.78 is 17.1. The molecule has 0 saturated carbocycles. The van der Waals surface area contributed by atoms with E-state index in [2.05, 4.69) is 28.5 Å². The van der Waals surface area contributed by atoms with Crippen molar-refractivity contribution in [2.45, 2.75) is 51.7 Å². The number of aliphatic imine (C=N–C) groups is 1. The third-order valence-corrected chi connectivity index (χ3v) is 5.29. The summed E-state index contributed by atoms with van der Waals surface area (Å²) in [6.07, 6.45) is 4.75. The predicted molar refractivity (Wildman–Crippen MR) is 111 cm³/mol. The van der Waals surface area contributed by atoms with Crippen molar-refractivity contribution in [1.82, 2.24) is 15.5 Å². The Labute approximate surface area is 168 Å². The molecule has 158 valence electrons. The largest absolute Gasteiger partial charge is 0.465 e. The molecule has 3 rings (SSSR count). The zero-order chi connectivity index (χ0) is 19.6. The minimum Gasteiger partial charge on any atom is -0.465 e. The van der Waals surface area contributed by atoms with Crippen molar-refractivity contribution in [3.63, 3.8) is 0 Å². The van der Waals surface area contributed by atoms with Gasteiger partial charge in [0, 0.05) is 26.3 Å². The summed E-state index contributed by atoms with van der Waals surface area (Å²) in [6.45, 7) is 11.0. The second-order valence-electron chi connectivity index (χ2n) is 7.56. The number of nitrogens with zero attached hydrogens (tertiary/aromatic N) is 2. The highest BCUT2D eigenvalue weighted by atomic mass is 16.5. The van der Waals surface area contributed by atoms with Crippen molar-refractivity contribution >= 4 is 5.96 Å². The van der Waals surface area contributed by atoms with Gasteiger partial charge in [0.15, 0.2) is 5.96 Å². The second-order valence-corrected chi connectivity index (χ2v) is 7.56. The first-order valence-electron chi connectivity index (χ1n) is 10.8. The number of nitrogens with one attached hydrogen (secondary N) is 2. The molecular formula is C21H36N4O3. The van der Waals surface area contributed by atoms with E-state index in [-0.39, 0.29) is 12.1 Å². The van der Waals surface area contributed by atoms with E-state index in [4.69, 9.17) is 18.9 Å². The van der Waals surface area contributed by atoms with Crippen molar-refractivity contribution in [3.8, 4) is 0 Å². The first-order chi connectivity index (χ1) is 13.8. The Morgan fingerprint density at radius 3 is 2.86 bits per heavy atom. The molecule has 2 fully saturated rings. The second kappa shape index (κ2) is 11.4. The van der Waals surface area contributed by atoms with Gasteiger partial charge < -0.3 is 24.5 Å². The SMILES string of the molecule is CCNC(=NCC(c1ccc(C)o1)N1CCCC1)NCCCOC1CCOC1. The smallest absolute Gasteiger partial charge is 0.191 e. The van der Waals surface area contributed by atoms with E-state index in [9.17, 15) is 0 Å². The number of hydrogen-bond donors (Lipinski definition) is 2. The van der Waals surface area contributed by atoms with Gasteiger partial charge in [-0.15, -0.1) is 0 Å². The number of rotatable bonds is 10. The molecule has 2 unspecified atom stereocenters. The van der Waals surface area contributed by atoms with Crippen LogP contribution in [0.25, 0.3) is 0 Å². The predicted octanol–water partition coefficient (Wildman–Crippen LogP) is 2.48. The van der Waals surface area contributed by atoms with Crippen LogP contribution in [-0.4, -0.2) is 69.5 Å². The van der Waals surface area contributed by atoms with Gasteiger partial charge in [-0.25, -0.2) is 0 Å². The van der Waals surface area contributed by atoms with E-state index in [0.29, 0.717) is 6.54 Å². The van der Waals surface area contributed by atoms with Gasteiger partial charge in [0.2, 0.25) is 0 Å². The van der Waals surface area contributed by atoms with Gasteiger partial charge in [-0.2, -0.15) is 0 Å². The first-order valence-corrected chi connectivity index (χ1v) is 10.8. The van der Waals surface area contributed by atoms with Crippen LogP contribution in [0, 0.1) is 6.92 Å². The van der Waals surface area contributed by atoms with Crippen LogP contribution in [0.1, 0.15) is 50.2 Å². The molecule has 0 spiro atoms. The highest BCUT2D eigenvalue weighted by Crippen LogP contribution is 2.26. The molecule has 2 N–H and O–H groups in total. The van der Waals surface area contributed by atoms with Crippen LogP contribution in [-0.2, 0) is 9.47 Å². The maximum absolute atomic E-state index is 5.93. The lowest BCUT2D eigenvalue weighted by Gasteiger charge is -2.24. The van der Waals surface area contributed by atoms with Gasteiger partial charge in [0.25, 0.3) is 0 Å². The molecule has 0 aromatic carbocycles. The van der Waals surface area contributed by atoms with Crippen LogP contribution < -0.4 is 10.6 Å². The minimum atomic E-state index is 0.206. The lowest BCUT2D eigenvalue weighted by Crippen LogP contribution is -2.39. The molecular weight excluding hydrogens is 356 g/mol. The number of hydrogen-bond acceptors (Lipinski definition) is 5. The molecule has 0 radical (unpaired) electrons. The summed E-state index contributed by atoms with van der Waals surface area (Å²) in [6, 6.07) is 4.34. The van der Waals surface area contributed by atoms with Crippen LogP contribution in [0.15, 0.2) is 21.5 Å². The van der Waals surface area contributed by atoms with Gasteiger partial charge in [0.1, 0.15) is 11.5 Å². The third-order valence-electron chi connectivity index (χ3n) is 5.29. The number of furan rings is 1. The fraction of sp³-hybridized carbons (Fsp3) is 0.762. The van der Waals surface area contributed by atoms with Gasteiger partial charge >= 0.3 is 0 Å². The van der Waals surface area contributed by atoms with Gasteiger partial charge in [-0.1, -0.05) is 0 Å². The van der Waals surface area contributed by atoms with Crippen LogP contribution >= 0.6 is 0 Å². The molecule has 1 aromatic heterocycles. The molecule has 7 nitrogen and oxygen atoms in total. The van der Waals surface area contributed by atoms with E-state index in [1.807, 2.05) is 13.0 Å². The summed E-state index contributed by atoms with van der Waals surface area (Å²) in [5, 5.41) is 6.77. The molecule has 2 aliphatic rings. The van der Waals surface area contributed by atoms with Crippen LogP contribution in [0.2, 0.25) is 0 Å². The summed E-state index contributed by atoms with van der Waals surface area (Å²) in [5.41, 5.74) is 0. The normalized spacial score (nSPS) is 21.9. The number of guanidine groups is 1. The number of likely N-dealkylation sites (tertiary alicyclic amines) is 1. The fourth-order valence-electron chi connectivity index (χ4n) is 3.76. The molecule has 3 heterocycles. The van der Waals surface area contributed by atoms with Gasteiger partial charge in [-0.3, -0.25) is 9.89 Å². The minimum absolute atomic E-state index is 0.206. The van der Waals surface area contributed by atoms with E-state index in [1.54, 1.807) is 0 Å². The fourth-order valence-corrected chi connectivity index (χ4v) is 3.76. The highest BCUT2D eigenvalue weighted by Gasteiger charge is 2.25. The Morgan fingerprint density at radius 2 is 2.18 bits per heavy atom. The first kappa shape index (κ1) is 21.1. The maximum atomic E-state index is 5.93. The molecule has 1 aromatic rings. The molecule has 0 bridgehead atoms. The Kier molecular flexibility index (Phi) is 8.64. The van der Waals surface area contributed by atoms with Gasteiger partial charge in [0.05, 0.1) is 25.3 Å². The Balaban J connectivity index is 1.48. The molecule has 0 aliphatic carbocycles. The van der Waals surface area contributed by atoms with E-state index in [0.717, 1.165) is 76.3 Å². The highest BCUT2D eigenvalue weighted by molar-refractivity contribution is 5.79. The molecule has 0 amide bonds. The van der Waals surface area contributed by atoms with Crippen molar-refractivity contribution < 1.29 is 13.9 Å². The van der Waals surface area contributed by atoms with E-state index >= 15 is 0 Å². The maximum Gasteiger partial charge on any atom is 0.191 e. The van der Waals surface area contributed by atoms with Crippen molar-refractivity contribution in [2.75, 3.05) is 52.5 Å². The monoisotopic (exact) mass is 392 g/mol. The zero-order valence-electron chi connectivity index (χ0n) is 17.4. The number of ether oxygens (including phenoxy) is 2.